The van der Waals surface area contributed by atoms with E-state index in [9.17, 15) is 4.39 Å². The molecule has 0 bridgehead atoms. The molecular weight excluding hydrogens is 281 g/mol. The van der Waals surface area contributed by atoms with Crippen molar-refractivity contribution in [2.45, 2.75) is 33.2 Å². The van der Waals surface area contributed by atoms with E-state index in [1.807, 2.05) is 13.0 Å². The van der Waals surface area contributed by atoms with Gasteiger partial charge in [0.05, 0.1) is 0 Å². The van der Waals surface area contributed by atoms with Gasteiger partial charge in [-0.3, -0.25) is 0 Å². The van der Waals surface area contributed by atoms with Gasteiger partial charge in [0.2, 0.25) is 0 Å². The van der Waals surface area contributed by atoms with Gasteiger partial charge in [-0.25, -0.2) is 4.39 Å². The van der Waals surface area contributed by atoms with Crippen LogP contribution in [0.1, 0.15) is 38.8 Å². The summed E-state index contributed by atoms with van der Waals surface area (Å²) in [6.45, 7) is 7.55. The van der Waals surface area contributed by atoms with Crippen molar-refractivity contribution in [2.75, 3.05) is 6.54 Å². The summed E-state index contributed by atoms with van der Waals surface area (Å²) in [7, 11) is 0. The van der Waals surface area contributed by atoms with E-state index in [2.05, 4.69) is 35.1 Å². The van der Waals surface area contributed by atoms with Crippen molar-refractivity contribution in [3.05, 3.63) is 34.1 Å². The van der Waals surface area contributed by atoms with Crippen molar-refractivity contribution < 1.29 is 4.39 Å². The number of hydrogen-bond acceptors (Lipinski definition) is 1. The molecule has 2 unspecified atom stereocenters. The smallest absolute Gasteiger partial charge is 0.128 e. The lowest BCUT2D eigenvalue weighted by atomic mass is 10.1. The van der Waals surface area contributed by atoms with Crippen LogP contribution >= 0.6 is 15.9 Å². The van der Waals surface area contributed by atoms with Crippen molar-refractivity contribution in [1.29, 1.82) is 0 Å². The monoisotopic (exact) mass is 299 g/mol. The molecule has 1 saturated carbocycles. The second kappa shape index (κ2) is 4.69. The first-order valence-corrected chi connectivity index (χ1v) is 6.88. The molecule has 2 rings (SSSR count). The van der Waals surface area contributed by atoms with E-state index in [1.165, 1.54) is 12.5 Å². The molecule has 1 N–H and O–H groups in total. The Balaban J connectivity index is 1.95. The predicted molar refractivity (Wildman–Crippen MR) is 72.4 cm³/mol. The highest BCUT2D eigenvalue weighted by molar-refractivity contribution is 9.10. The van der Waals surface area contributed by atoms with Gasteiger partial charge in [0.15, 0.2) is 0 Å². The number of nitrogens with one attached hydrogen (secondary N) is 1. The minimum atomic E-state index is -0.136. The Hall–Kier alpha value is -0.410. The minimum Gasteiger partial charge on any atom is -0.310 e. The summed E-state index contributed by atoms with van der Waals surface area (Å²) in [5, 5.41) is 3.42. The highest BCUT2D eigenvalue weighted by atomic mass is 79.9. The fourth-order valence-corrected chi connectivity index (χ4v) is 2.58. The Bertz CT molecular complexity index is 417. The molecule has 0 heterocycles. The minimum absolute atomic E-state index is 0.0592. The summed E-state index contributed by atoms with van der Waals surface area (Å²) in [5.74, 6) is 0.600. The highest BCUT2D eigenvalue weighted by Crippen LogP contribution is 2.51. The Labute approximate surface area is 111 Å². The van der Waals surface area contributed by atoms with Gasteiger partial charge in [-0.15, -0.1) is 0 Å². The van der Waals surface area contributed by atoms with Crippen molar-refractivity contribution in [3.8, 4) is 0 Å². The highest BCUT2D eigenvalue weighted by Gasteiger charge is 2.44. The lowest BCUT2D eigenvalue weighted by Crippen LogP contribution is -2.23. The van der Waals surface area contributed by atoms with Gasteiger partial charge < -0.3 is 5.32 Å². The van der Waals surface area contributed by atoms with Crippen molar-refractivity contribution in [3.63, 3.8) is 0 Å². The van der Waals surface area contributed by atoms with E-state index in [0.717, 1.165) is 22.5 Å². The van der Waals surface area contributed by atoms with Crippen LogP contribution in [0, 0.1) is 17.2 Å². The molecule has 1 nitrogen and oxygen atoms in total. The van der Waals surface area contributed by atoms with E-state index in [1.54, 1.807) is 6.07 Å². The first-order valence-electron chi connectivity index (χ1n) is 6.08. The SMILES string of the molecule is CC(NCC1CC1(C)C)c1cc(Br)ccc1F. The molecular formula is C14H19BrFN. The standard InChI is InChI=1S/C14H19BrFN/c1-9(17-8-10-7-14(10,2)3)12-6-11(15)4-5-13(12)16/h4-6,9-10,17H,7-8H2,1-3H3. The van der Waals surface area contributed by atoms with Gasteiger partial charge in [0.25, 0.3) is 0 Å². The molecule has 0 radical (unpaired) electrons. The van der Waals surface area contributed by atoms with Gasteiger partial charge in [-0.05, 0) is 49.4 Å². The molecule has 3 heteroatoms. The molecule has 94 valence electrons. The van der Waals surface area contributed by atoms with Gasteiger partial charge in [-0.1, -0.05) is 29.8 Å². The fraction of sp³-hybridized carbons (Fsp3) is 0.571. The van der Waals surface area contributed by atoms with Gasteiger partial charge in [-0.2, -0.15) is 0 Å². The molecule has 1 aliphatic carbocycles. The van der Waals surface area contributed by atoms with Crippen LogP contribution in [-0.2, 0) is 0 Å². The maximum atomic E-state index is 13.7. The normalized spacial score (nSPS) is 23.5. The van der Waals surface area contributed by atoms with E-state index < -0.39 is 0 Å². The summed E-state index contributed by atoms with van der Waals surface area (Å²) in [6.07, 6.45) is 1.27. The van der Waals surface area contributed by atoms with Gasteiger partial charge >= 0.3 is 0 Å². The molecule has 1 fully saturated rings. The van der Waals surface area contributed by atoms with Crippen LogP contribution in [0.2, 0.25) is 0 Å². The number of hydrogen-bond donors (Lipinski definition) is 1. The summed E-state index contributed by atoms with van der Waals surface area (Å²) < 4.78 is 14.6. The second-order valence-electron chi connectivity index (χ2n) is 5.69. The molecule has 17 heavy (non-hydrogen) atoms. The van der Waals surface area contributed by atoms with Gasteiger partial charge in [0, 0.05) is 16.1 Å². The first-order chi connectivity index (χ1) is 7.90. The van der Waals surface area contributed by atoms with Crippen LogP contribution in [0.4, 0.5) is 4.39 Å². The average Bonchev–Trinajstić information content (AvgIpc) is 2.87. The van der Waals surface area contributed by atoms with Crippen LogP contribution in [0.3, 0.4) is 0 Å². The zero-order chi connectivity index (χ0) is 12.6. The molecule has 0 saturated heterocycles. The fourth-order valence-electron chi connectivity index (χ4n) is 2.20. The van der Waals surface area contributed by atoms with E-state index in [0.29, 0.717) is 5.41 Å². The van der Waals surface area contributed by atoms with Crippen molar-refractivity contribution >= 4 is 15.9 Å². The second-order valence-corrected chi connectivity index (χ2v) is 6.60. The van der Waals surface area contributed by atoms with Crippen molar-refractivity contribution in [2.24, 2.45) is 11.3 Å². The van der Waals surface area contributed by atoms with E-state index in [4.69, 9.17) is 0 Å². The maximum absolute atomic E-state index is 13.7. The Kier molecular flexibility index (Phi) is 3.60. The lowest BCUT2D eigenvalue weighted by Gasteiger charge is -2.16. The van der Waals surface area contributed by atoms with Crippen LogP contribution in [0.5, 0.6) is 0 Å². The zero-order valence-electron chi connectivity index (χ0n) is 10.6. The summed E-state index contributed by atoms with van der Waals surface area (Å²) in [5.41, 5.74) is 1.21. The molecule has 0 aliphatic heterocycles. The largest absolute Gasteiger partial charge is 0.310 e. The lowest BCUT2D eigenvalue weighted by molar-refractivity contribution is 0.472. The number of benzene rings is 1. The predicted octanol–water partition coefficient (Wildman–Crippen LogP) is 4.28. The Morgan fingerprint density at radius 2 is 2.18 bits per heavy atom. The van der Waals surface area contributed by atoms with Crippen LogP contribution in [0.15, 0.2) is 22.7 Å². The quantitative estimate of drug-likeness (QED) is 0.875. The third-order valence-corrected chi connectivity index (χ3v) is 4.31. The zero-order valence-corrected chi connectivity index (χ0v) is 12.1. The van der Waals surface area contributed by atoms with Gasteiger partial charge in [0.1, 0.15) is 5.82 Å². The molecule has 1 aromatic carbocycles. The molecule has 2 atom stereocenters. The third kappa shape index (κ3) is 3.08. The Morgan fingerprint density at radius 3 is 2.76 bits per heavy atom. The number of rotatable bonds is 4. The maximum Gasteiger partial charge on any atom is 0.128 e. The Morgan fingerprint density at radius 1 is 1.53 bits per heavy atom. The molecule has 0 amide bonds. The van der Waals surface area contributed by atoms with E-state index >= 15 is 0 Å². The molecule has 0 spiro atoms. The summed E-state index contributed by atoms with van der Waals surface area (Å²) in [4.78, 5) is 0. The van der Waals surface area contributed by atoms with Crippen molar-refractivity contribution in [1.82, 2.24) is 5.32 Å². The number of halogens is 2. The van der Waals surface area contributed by atoms with Crippen LogP contribution < -0.4 is 5.32 Å². The summed E-state index contributed by atoms with van der Waals surface area (Å²) >= 11 is 3.38. The molecule has 1 aromatic rings. The first kappa shape index (κ1) is 13.0. The van der Waals surface area contributed by atoms with E-state index in [-0.39, 0.29) is 11.9 Å². The average molecular weight is 300 g/mol. The third-order valence-electron chi connectivity index (χ3n) is 3.81. The topological polar surface area (TPSA) is 12.0 Å². The van der Waals surface area contributed by atoms with Crippen LogP contribution in [-0.4, -0.2) is 6.54 Å². The molecule has 1 aliphatic rings. The summed E-state index contributed by atoms with van der Waals surface area (Å²) in [6, 6.07) is 5.16. The molecule has 0 aromatic heterocycles. The van der Waals surface area contributed by atoms with Crippen LogP contribution in [0.25, 0.3) is 0 Å².